The number of halogens is 1. The van der Waals surface area contributed by atoms with Gasteiger partial charge in [-0.05, 0) is 54.8 Å². The van der Waals surface area contributed by atoms with E-state index in [4.69, 9.17) is 11.6 Å². The van der Waals surface area contributed by atoms with Gasteiger partial charge in [0.2, 0.25) is 0 Å². The molecule has 2 aromatic rings. The highest BCUT2D eigenvalue weighted by atomic mass is 35.5. The standard InChI is InChI=1S/C17H18ClNO/c1-2-3-5-13-6-4-7-16(12-13)19-17(20)14-8-10-15(18)11-9-14/h4,6-12H,2-3,5H2,1H3,(H,19,20). The summed E-state index contributed by atoms with van der Waals surface area (Å²) in [5.74, 6) is -0.116. The summed E-state index contributed by atoms with van der Waals surface area (Å²) < 4.78 is 0. The predicted octanol–water partition coefficient (Wildman–Crippen LogP) is 4.93. The smallest absolute Gasteiger partial charge is 0.255 e. The zero-order valence-corrected chi connectivity index (χ0v) is 12.3. The molecule has 2 nitrogen and oxygen atoms in total. The Morgan fingerprint density at radius 1 is 1.15 bits per heavy atom. The molecule has 1 amide bonds. The third-order valence-electron chi connectivity index (χ3n) is 3.11. The number of nitrogens with one attached hydrogen (secondary N) is 1. The van der Waals surface area contributed by atoms with Crippen LogP contribution < -0.4 is 5.32 Å². The van der Waals surface area contributed by atoms with Crippen molar-refractivity contribution in [2.45, 2.75) is 26.2 Å². The quantitative estimate of drug-likeness (QED) is 0.829. The summed E-state index contributed by atoms with van der Waals surface area (Å²) in [6, 6.07) is 14.9. The van der Waals surface area contributed by atoms with E-state index in [1.165, 1.54) is 12.0 Å². The second-order valence-corrected chi connectivity index (χ2v) is 5.20. The number of hydrogen-bond donors (Lipinski definition) is 1. The Morgan fingerprint density at radius 3 is 2.60 bits per heavy atom. The fourth-order valence-electron chi connectivity index (χ4n) is 1.99. The van der Waals surface area contributed by atoms with Gasteiger partial charge in [0, 0.05) is 16.3 Å². The van der Waals surface area contributed by atoms with Crippen LogP contribution in [-0.4, -0.2) is 5.91 Å². The van der Waals surface area contributed by atoms with Crippen molar-refractivity contribution in [2.75, 3.05) is 5.32 Å². The van der Waals surface area contributed by atoms with Gasteiger partial charge in [0.25, 0.3) is 5.91 Å². The van der Waals surface area contributed by atoms with Crippen LogP contribution >= 0.6 is 11.6 Å². The SMILES string of the molecule is CCCCc1cccc(NC(=O)c2ccc(Cl)cc2)c1. The van der Waals surface area contributed by atoms with Gasteiger partial charge in [-0.15, -0.1) is 0 Å². The Bertz CT molecular complexity index is 578. The van der Waals surface area contributed by atoms with E-state index in [0.717, 1.165) is 18.5 Å². The molecule has 0 aromatic heterocycles. The van der Waals surface area contributed by atoms with E-state index in [-0.39, 0.29) is 5.91 Å². The van der Waals surface area contributed by atoms with Crippen molar-refractivity contribution in [3.05, 3.63) is 64.7 Å². The maximum absolute atomic E-state index is 12.1. The van der Waals surface area contributed by atoms with Crippen LogP contribution in [-0.2, 0) is 6.42 Å². The van der Waals surface area contributed by atoms with Crippen LogP contribution in [0.25, 0.3) is 0 Å². The van der Waals surface area contributed by atoms with Gasteiger partial charge < -0.3 is 5.32 Å². The first-order valence-electron chi connectivity index (χ1n) is 6.85. The molecule has 0 unspecified atom stereocenters. The molecular formula is C17H18ClNO. The fraction of sp³-hybridized carbons (Fsp3) is 0.235. The highest BCUT2D eigenvalue weighted by molar-refractivity contribution is 6.30. The number of carbonyl (C=O) groups is 1. The van der Waals surface area contributed by atoms with Crippen molar-refractivity contribution >= 4 is 23.2 Å². The van der Waals surface area contributed by atoms with E-state index < -0.39 is 0 Å². The summed E-state index contributed by atoms with van der Waals surface area (Å²) in [6.45, 7) is 2.17. The van der Waals surface area contributed by atoms with Crippen molar-refractivity contribution in [1.29, 1.82) is 0 Å². The molecule has 0 aliphatic rings. The number of anilines is 1. The molecule has 0 saturated heterocycles. The van der Waals surface area contributed by atoms with Crippen molar-refractivity contribution < 1.29 is 4.79 Å². The van der Waals surface area contributed by atoms with Crippen molar-refractivity contribution in [3.63, 3.8) is 0 Å². The predicted molar refractivity (Wildman–Crippen MR) is 84.5 cm³/mol. The molecule has 0 aliphatic carbocycles. The van der Waals surface area contributed by atoms with Gasteiger partial charge in [-0.25, -0.2) is 0 Å². The Balaban J connectivity index is 2.05. The van der Waals surface area contributed by atoms with Crippen LogP contribution in [0.5, 0.6) is 0 Å². The molecule has 0 fully saturated rings. The lowest BCUT2D eigenvalue weighted by Gasteiger charge is -2.07. The molecule has 104 valence electrons. The van der Waals surface area contributed by atoms with Crippen molar-refractivity contribution in [3.8, 4) is 0 Å². The molecule has 0 radical (unpaired) electrons. The molecule has 0 saturated carbocycles. The van der Waals surface area contributed by atoms with E-state index in [0.29, 0.717) is 10.6 Å². The van der Waals surface area contributed by atoms with E-state index in [9.17, 15) is 4.79 Å². The van der Waals surface area contributed by atoms with Crippen LogP contribution in [0.3, 0.4) is 0 Å². The number of benzene rings is 2. The molecule has 0 atom stereocenters. The summed E-state index contributed by atoms with van der Waals surface area (Å²) in [6.07, 6.45) is 3.37. The van der Waals surface area contributed by atoms with Gasteiger partial charge in [-0.1, -0.05) is 37.1 Å². The Morgan fingerprint density at radius 2 is 1.90 bits per heavy atom. The minimum Gasteiger partial charge on any atom is -0.322 e. The van der Waals surface area contributed by atoms with Gasteiger partial charge in [0.15, 0.2) is 0 Å². The molecule has 2 aromatic carbocycles. The second-order valence-electron chi connectivity index (χ2n) is 4.76. The molecule has 0 spiro atoms. The Kier molecular flexibility index (Phi) is 5.19. The van der Waals surface area contributed by atoms with Gasteiger partial charge >= 0.3 is 0 Å². The van der Waals surface area contributed by atoms with Gasteiger partial charge in [-0.2, -0.15) is 0 Å². The number of carbonyl (C=O) groups excluding carboxylic acids is 1. The Labute approximate surface area is 124 Å². The lowest BCUT2D eigenvalue weighted by atomic mass is 10.1. The van der Waals surface area contributed by atoms with Gasteiger partial charge in [0.05, 0.1) is 0 Å². The van der Waals surface area contributed by atoms with E-state index in [2.05, 4.69) is 18.3 Å². The van der Waals surface area contributed by atoms with E-state index in [1.54, 1.807) is 24.3 Å². The van der Waals surface area contributed by atoms with Gasteiger partial charge in [-0.3, -0.25) is 4.79 Å². The lowest BCUT2D eigenvalue weighted by Crippen LogP contribution is -2.11. The van der Waals surface area contributed by atoms with E-state index >= 15 is 0 Å². The van der Waals surface area contributed by atoms with Crippen LogP contribution in [0.4, 0.5) is 5.69 Å². The second kappa shape index (κ2) is 7.11. The average Bonchev–Trinajstić information content (AvgIpc) is 2.46. The van der Waals surface area contributed by atoms with Crippen molar-refractivity contribution in [2.24, 2.45) is 0 Å². The Hall–Kier alpha value is -1.80. The zero-order chi connectivity index (χ0) is 14.4. The molecule has 0 bridgehead atoms. The molecule has 2 rings (SSSR count). The molecule has 0 heterocycles. The maximum atomic E-state index is 12.1. The minimum absolute atomic E-state index is 0.116. The largest absolute Gasteiger partial charge is 0.322 e. The number of amides is 1. The summed E-state index contributed by atoms with van der Waals surface area (Å²) in [5.41, 5.74) is 2.69. The first-order valence-corrected chi connectivity index (χ1v) is 7.22. The molecule has 1 N–H and O–H groups in total. The van der Waals surface area contributed by atoms with Crippen LogP contribution in [0.15, 0.2) is 48.5 Å². The summed E-state index contributed by atoms with van der Waals surface area (Å²) >= 11 is 5.81. The van der Waals surface area contributed by atoms with Crippen LogP contribution in [0.1, 0.15) is 35.7 Å². The number of rotatable bonds is 5. The monoisotopic (exact) mass is 287 g/mol. The number of aryl methyl sites for hydroxylation is 1. The number of unbranched alkanes of at least 4 members (excludes halogenated alkanes) is 1. The highest BCUT2D eigenvalue weighted by Crippen LogP contribution is 2.15. The van der Waals surface area contributed by atoms with E-state index in [1.807, 2.05) is 18.2 Å². The highest BCUT2D eigenvalue weighted by Gasteiger charge is 2.06. The molecular weight excluding hydrogens is 270 g/mol. The van der Waals surface area contributed by atoms with Crippen molar-refractivity contribution in [1.82, 2.24) is 0 Å². The summed E-state index contributed by atoms with van der Waals surface area (Å²) in [5, 5.41) is 3.54. The topological polar surface area (TPSA) is 29.1 Å². The first kappa shape index (κ1) is 14.6. The molecule has 20 heavy (non-hydrogen) atoms. The fourth-order valence-corrected chi connectivity index (χ4v) is 2.12. The summed E-state index contributed by atoms with van der Waals surface area (Å²) in [7, 11) is 0. The average molecular weight is 288 g/mol. The maximum Gasteiger partial charge on any atom is 0.255 e. The van der Waals surface area contributed by atoms with Crippen LogP contribution in [0.2, 0.25) is 5.02 Å². The lowest BCUT2D eigenvalue weighted by molar-refractivity contribution is 0.102. The molecule has 3 heteroatoms. The summed E-state index contributed by atoms with van der Waals surface area (Å²) in [4.78, 5) is 12.1. The third kappa shape index (κ3) is 4.10. The zero-order valence-electron chi connectivity index (χ0n) is 11.5. The van der Waals surface area contributed by atoms with Gasteiger partial charge in [0.1, 0.15) is 0 Å². The minimum atomic E-state index is -0.116. The third-order valence-corrected chi connectivity index (χ3v) is 3.36. The van der Waals surface area contributed by atoms with Crippen LogP contribution in [0, 0.1) is 0 Å². The normalized spacial score (nSPS) is 10.3. The number of hydrogen-bond acceptors (Lipinski definition) is 1. The first-order chi connectivity index (χ1) is 9.69. The molecule has 0 aliphatic heterocycles.